The third kappa shape index (κ3) is 4.10. The van der Waals surface area contributed by atoms with Gasteiger partial charge in [0.25, 0.3) is 5.91 Å². The van der Waals surface area contributed by atoms with Crippen molar-refractivity contribution in [3.8, 4) is 5.82 Å². The number of nitrogens with one attached hydrogen (secondary N) is 2. The summed E-state index contributed by atoms with van der Waals surface area (Å²) >= 11 is 6.05. The molecule has 140 valence electrons. The number of hydrogen-bond acceptors (Lipinski definition) is 8. The number of nitrogens with two attached hydrogens (primary N) is 1. The van der Waals surface area contributed by atoms with Crippen molar-refractivity contribution < 1.29 is 14.3 Å². The normalized spacial score (nSPS) is 11.4. The molecule has 2 heterocycles. The van der Waals surface area contributed by atoms with E-state index in [1.807, 2.05) is 20.2 Å². The molecule has 1 aromatic carbocycles. The fourth-order valence-corrected chi connectivity index (χ4v) is 2.46. The number of carbonyl (C=O) groups excluding carboxylic acids is 1. The topological polar surface area (TPSA) is 142 Å². The van der Waals surface area contributed by atoms with Crippen LogP contribution in [0.15, 0.2) is 34.0 Å². The van der Waals surface area contributed by atoms with E-state index in [-0.39, 0.29) is 17.3 Å². The van der Waals surface area contributed by atoms with E-state index < -0.39 is 5.91 Å². The average Bonchev–Trinajstić information content (AvgIpc) is 3.22. The molecule has 0 atom stereocenters. The Kier molecular flexibility index (Phi) is 5.43. The van der Waals surface area contributed by atoms with Crippen LogP contribution in [0.5, 0.6) is 0 Å². The van der Waals surface area contributed by atoms with Gasteiger partial charge in [-0.05, 0) is 16.4 Å². The highest BCUT2D eigenvalue weighted by atomic mass is 35.5. The first-order valence-corrected chi connectivity index (χ1v) is 8.25. The molecule has 0 radical (unpaired) electrons. The molecule has 0 aliphatic heterocycles. The van der Waals surface area contributed by atoms with Gasteiger partial charge in [-0.25, -0.2) is 10.1 Å². The molecule has 27 heavy (non-hydrogen) atoms. The molecule has 0 saturated carbocycles. The fourth-order valence-electron chi connectivity index (χ4n) is 2.27. The first kappa shape index (κ1) is 18.5. The van der Waals surface area contributed by atoms with E-state index in [0.717, 1.165) is 4.90 Å². The number of benzene rings is 1. The first-order valence-electron chi connectivity index (χ1n) is 7.87. The number of nitrogens with zero attached hydrogens (tertiary/aromatic N) is 6. The third-order valence-corrected chi connectivity index (χ3v) is 3.81. The van der Waals surface area contributed by atoms with E-state index in [1.165, 1.54) is 10.9 Å². The van der Waals surface area contributed by atoms with Crippen molar-refractivity contribution in [3.05, 3.63) is 46.2 Å². The zero-order chi connectivity index (χ0) is 19.4. The Bertz CT molecular complexity index is 979. The molecule has 0 fully saturated rings. The monoisotopic (exact) mass is 390 g/mol. The molecular formula is C15H17ClN9O2+. The molecule has 12 heteroatoms. The summed E-state index contributed by atoms with van der Waals surface area (Å²) in [4.78, 5) is 13.5. The van der Waals surface area contributed by atoms with E-state index in [0.29, 0.717) is 22.8 Å². The van der Waals surface area contributed by atoms with Gasteiger partial charge in [0.1, 0.15) is 12.2 Å². The molecule has 0 saturated heterocycles. The summed E-state index contributed by atoms with van der Waals surface area (Å²) in [6, 6.07) is 7.12. The number of nitrogen functional groups attached to an aromatic ring is 1. The Morgan fingerprint density at radius 1 is 1.41 bits per heavy atom. The van der Waals surface area contributed by atoms with Crippen molar-refractivity contribution in [2.45, 2.75) is 6.54 Å². The maximum absolute atomic E-state index is 12.5. The Labute approximate surface area is 158 Å². The summed E-state index contributed by atoms with van der Waals surface area (Å²) in [6.07, 6.45) is 1.45. The molecule has 0 unspecified atom stereocenters. The van der Waals surface area contributed by atoms with Crippen LogP contribution in [0, 0.1) is 0 Å². The number of hydrogen-bond donors (Lipinski definition) is 3. The van der Waals surface area contributed by atoms with Gasteiger partial charge in [-0.3, -0.25) is 4.79 Å². The van der Waals surface area contributed by atoms with Crippen molar-refractivity contribution in [1.82, 2.24) is 30.7 Å². The van der Waals surface area contributed by atoms with Crippen LogP contribution in [0.4, 0.5) is 5.82 Å². The standard InChI is InChI=1S/C15H16ClN9O2/c1-24(2)8-11-12(19-23-25(11)14-13(17)21-27-22-14)15(26)20-18-7-9-5-3-4-6-10(9)16/h3-7H,8H2,1-2H3,(H2,17,21)(H,20,26)/p+1/b18-7-. The second kappa shape index (κ2) is 7.93. The van der Waals surface area contributed by atoms with Crippen LogP contribution >= 0.6 is 11.6 Å². The zero-order valence-electron chi connectivity index (χ0n) is 14.5. The molecule has 4 N–H and O–H groups in total. The molecule has 0 bridgehead atoms. The van der Waals surface area contributed by atoms with E-state index >= 15 is 0 Å². The van der Waals surface area contributed by atoms with Crippen LogP contribution < -0.4 is 16.1 Å². The minimum atomic E-state index is -0.532. The van der Waals surface area contributed by atoms with Gasteiger partial charge in [0.15, 0.2) is 5.69 Å². The molecule has 3 aromatic rings. The van der Waals surface area contributed by atoms with Crippen molar-refractivity contribution in [3.63, 3.8) is 0 Å². The average molecular weight is 391 g/mol. The lowest BCUT2D eigenvalue weighted by molar-refractivity contribution is -0.873. The number of quaternary nitrogens is 1. The predicted octanol–water partition coefficient (Wildman–Crippen LogP) is -0.706. The van der Waals surface area contributed by atoms with Gasteiger partial charge in [0.2, 0.25) is 11.6 Å². The number of anilines is 1. The Morgan fingerprint density at radius 2 is 2.19 bits per heavy atom. The van der Waals surface area contributed by atoms with Crippen molar-refractivity contribution in [1.29, 1.82) is 0 Å². The van der Waals surface area contributed by atoms with Crippen LogP contribution in [0.1, 0.15) is 21.7 Å². The molecule has 1 amide bonds. The van der Waals surface area contributed by atoms with Gasteiger partial charge in [0.05, 0.1) is 20.3 Å². The second-order valence-corrected chi connectivity index (χ2v) is 6.28. The molecule has 0 aliphatic carbocycles. The Balaban J connectivity index is 1.85. The molecule has 3 rings (SSSR count). The Morgan fingerprint density at radius 3 is 2.85 bits per heavy atom. The van der Waals surface area contributed by atoms with E-state index in [2.05, 4.69) is 35.8 Å². The van der Waals surface area contributed by atoms with E-state index in [4.69, 9.17) is 17.3 Å². The minimum absolute atomic E-state index is 0.0404. The predicted molar refractivity (Wildman–Crippen MR) is 96.7 cm³/mol. The molecular weight excluding hydrogens is 374 g/mol. The van der Waals surface area contributed by atoms with Crippen molar-refractivity contribution in [2.75, 3.05) is 19.8 Å². The van der Waals surface area contributed by atoms with Gasteiger partial charge in [0, 0.05) is 10.6 Å². The van der Waals surface area contributed by atoms with Gasteiger partial charge >= 0.3 is 0 Å². The van der Waals surface area contributed by atoms with Gasteiger partial charge in [-0.15, -0.1) is 5.10 Å². The third-order valence-electron chi connectivity index (χ3n) is 3.47. The van der Waals surface area contributed by atoms with E-state index in [1.54, 1.807) is 18.2 Å². The van der Waals surface area contributed by atoms with Gasteiger partial charge in [-0.1, -0.05) is 35.0 Å². The zero-order valence-corrected chi connectivity index (χ0v) is 15.3. The van der Waals surface area contributed by atoms with Crippen molar-refractivity contribution in [2.24, 2.45) is 5.10 Å². The van der Waals surface area contributed by atoms with Crippen molar-refractivity contribution >= 4 is 29.5 Å². The van der Waals surface area contributed by atoms with Crippen LogP contribution in [0.2, 0.25) is 5.02 Å². The molecule has 0 aliphatic rings. The highest BCUT2D eigenvalue weighted by Gasteiger charge is 2.25. The highest BCUT2D eigenvalue weighted by molar-refractivity contribution is 6.33. The minimum Gasteiger partial charge on any atom is -0.378 e. The summed E-state index contributed by atoms with van der Waals surface area (Å²) in [5, 5.41) is 19.5. The summed E-state index contributed by atoms with van der Waals surface area (Å²) in [5.41, 5.74) is 9.38. The number of amides is 1. The van der Waals surface area contributed by atoms with Gasteiger partial charge < -0.3 is 10.6 Å². The second-order valence-electron chi connectivity index (χ2n) is 5.87. The summed E-state index contributed by atoms with van der Waals surface area (Å²) in [5.74, 6) is -0.327. The molecule has 2 aromatic heterocycles. The number of rotatable bonds is 6. The number of hydrazone groups is 1. The van der Waals surface area contributed by atoms with Crippen LogP contribution in [-0.2, 0) is 6.54 Å². The largest absolute Gasteiger partial charge is 0.378 e. The van der Waals surface area contributed by atoms with E-state index in [9.17, 15) is 4.79 Å². The lowest BCUT2D eigenvalue weighted by Crippen LogP contribution is -3.04. The lowest BCUT2D eigenvalue weighted by Gasteiger charge is -2.08. The maximum Gasteiger partial charge on any atom is 0.294 e. The highest BCUT2D eigenvalue weighted by Crippen LogP contribution is 2.15. The van der Waals surface area contributed by atoms with Crippen LogP contribution in [0.3, 0.4) is 0 Å². The number of carbonyl (C=O) groups is 1. The smallest absolute Gasteiger partial charge is 0.294 e. The summed E-state index contributed by atoms with van der Waals surface area (Å²) in [7, 11) is 3.83. The maximum atomic E-state index is 12.5. The Hall–Kier alpha value is -3.31. The molecule has 11 nitrogen and oxygen atoms in total. The molecule has 0 spiro atoms. The SMILES string of the molecule is C[NH+](C)Cc1c(C(=O)N/N=C\c2ccccc2Cl)nnn1-c1nonc1N. The number of aromatic nitrogens is 5. The fraction of sp³-hybridized carbons (Fsp3) is 0.200. The van der Waals surface area contributed by atoms with Gasteiger partial charge in [-0.2, -0.15) is 9.78 Å². The van der Waals surface area contributed by atoms with Crippen LogP contribution in [-0.4, -0.2) is 51.5 Å². The lowest BCUT2D eigenvalue weighted by atomic mass is 10.2. The number of halogens is 1. The first-order chi connectivity index (χ1) is 13.0. The van der Waals surface area contributed by atoms with Crippen LogP contribution in [0.25, 0.3) is 5.82 Å². The summed E-state index contributed by atoms with van der Waals surface area (Å²) in [6.45, 7) is 0.427. The summed E-state index contributed by atoms with van der Waals surface area (Å²) < 4.78 is 5.92. The quantitative estimate of drug-likeness (QED) is 0.373.